The summed E-state index contributed by atoms with van der Waals surface area (Å²) in [5.41, 5.74) is 1.44. The van der Waals surface area contributed by atoms with Gasteiger partial charge in [0.2, 0.25) is 10.0 Å². The van der Waals surface area contributed by atoms with Crippen LogP contribution in [-0.4, -0.2) is 44.4 Å². The molecule has 0 fully saturated rings. The van der Waals surface area contributed by atoms with Crippen LogP contribution in [0.1, 0.15) is 21.3 Å². The fourth-order valence-electron chi connectivity index (χ4n) is 2.47. The smallest absolute Gasteiger partial charge is 0.251 e. The zero-order valence-corrected chi connectivity index (χ0v) is 17.8. The minimum atomic E-state index is -3.53. The van der Waals surface area contributed by atoms with Gasteiger partial charge in [-0.15, -0.1) is 11.3 Å². The zero-order valence-electron chi connectivity index (χ0n) is 15.3. The number of carbonyl (C=O) groups is 1. The molecule has 0 spiro atoms. The number of nitrogens with one attached hydrogen (secondary N) is 1. The first-order chi connectivity index (χ1) is 13.3. The van der Waals surface area contributed by atoms with Crippen molar-refractivity contribution in [2.45, 2.75) is 11.0 Å². The predicted molar refractivity (Wildman–Crippen MR) is 112 cm³/mol. The molecule has 0 aliphatic heterocycles. The van der Waals surface area contributed by atoms with Gasteiger partial charge in [-0.3, -0.25) is 4.79 Å². The van der Waals surface area contributed by atoms with Gasteiger partial charge in [-0.1, -0.05) is 0 Å². The van der Waals surface area contributed by atoms with Crippen molar-refractivity contribution < 1.29 is 18.3 Å². The minimum Gasteiger partial charge on any atom is -0.386 e. The van der Waals surface area contributed by atoms with Crippen LogP contribution in [0.5, 0.6) is 0 Å². The van der Waals surface area contributed by atoms with Gasteiger partial charge in [0.05, 0.1) is 4.90 Å². The number of nitrogens with zero attached hydrogens (tertiary/aromatic N) is 1. The summed E-state index contributed by atoms with van der Waals surface area (Å²) in [5, 5.41) is 17.1. The highest BCUT2D eigenvalue weighted by Gasteiger charge is 2.18. The summed E-state index contributed by atoms with van der Waals surface area (Å²) in [6.45, 7) is 0.0696. The molecule has 1 aromatic carbocycles. The van der Waals surface area contributed by atoms with Crippen molar-refractivity contribution >= 4 is 38.6 Å². The molecule has 6 nitrogen and oxygen atoms in total. The van der Waals surface area contributed by atoms with Gasteiger partial charge < -0.3 is 10.4 Å². The molecular formula is C19H20N2O4S3. The van der Waals surface area contributed by atoms with Crippen LogP contribution in [0.15, 0.2) is 58.1 Å². The number of sulfonamides is 1. The topological polar surface area (TPSA) is 86.7 Å². The van der Waals surface area contributed by atoms with Crippen molar-refractivity contribution in [1.29, 1.82) is 0 Å². The van der Waals surface area contributed by atoms with E-state index in [1.54, 1.807) is 11.3 Å². The Hall–Kier alpha value is -2.04. The number of hydrogen-bond acceptors (Lipinski definition) is 6. The Bertz CT molecular complexity index is 1040. The van der Waals surface area contributed by atoms with Gasteiger partial charge in [0, 0.05) is 41.5 Å². The van der Waals surface area contributed by atoms with Crippen LogP contribution in [0.25, 0.3) is 10.4 Å². The first kappa shape index (κ1) is 20.7. The molecule has 0 radical (unpaired) electrons. The molecule has 2 N–H and O–H groups in total. The molecule has 3 aromatic rings. The van der Waals surface area contributed by atoms with Gasteiger partial charge in [0.15, 0.2) is 0 Å². The number of benzene rings is 1. The maximum Gasteiger partial charge on any atom is 0.251 e. The average Bonchev–Trinajstić information content (AvgIpc) is 3.37. The summed E-state index contributed by atoms with van der Waals surface area (Å²) in [6, 6.07) is 11.5. The molecular weight excluding hydrogens is 416 g/mol. The van der Waals surface area contributed by atoms with Crippen molar-refractivity contribution in [1.82, 2.24) is 9.62 Å². The molecule has 0 saturated carbocycles. The summed E-state index contributed by atoms with van der Waals surface area (Å²) in [4.78, 5) is 14.3. The fraction of sp³-hybridized carbons (Fsp3) is 0.211. The Balaban J connectivity index is 1.61. The Morgan fingerprint density at radius 2 is 1.86 bits per heavy atom. The van der Waals surface area contributed by atoms with Crippen molar-refractivity contribution in [2.75, 3.05) is 20.6 Å². The Labute approximate surface area is 172 Å². The summed E-state index contributed by atoms with van der Waals surface area (Å²) in [5.74, 6) is -0.373. The van der Waals surface area contributed by atoms with Gasteiger partial charge in [-0.2, -0.15) is 11.3 Å². The highest BCUT2D eigenvalue weighted by Crippen LogP contribution is 2.32. The third-order valence-electron chi connectivity index (χ3n) is 4.11. The first-order valence-corrected chi connectivity index (χ1v) is 11.6. The molecule has 3 rings (SSSR count). The number of aliphatic hydroxyl groups excluding tert-OH is 1. The van der Waals surface area contributed by atoms with Crippen LogP contribution >= 0.6 is 22.7 Å². The third-order valence-corrected chi connectivity index (χ3v) is 7.86. The van der Waals surface area contributed by atoms with E-state index >= 15 is 0 Å². The Morgan fingerprint density at radius 1 is 1.14 bits per heavy atom. The maximum absolute atomic E-state index is 12.3. The van der Waals surface area contributed by atoms with Crippen LogP contribution in [0, 0.1) is 0 Å². The second-order valence-electron chi connectivity index (χ2n) is 6.25. The molecule has 2 heterocycles. The number of amides is 1. The van der Waals surface area contributed by atoms with E-state index in [4.69, 9.17) is 0 Å². The van der Waals surface area contributed by atoms with Gasteiger partial charge >= 0.3 is 0 Å². The Morgan fingerprint density at radius 3 is 2.46 bits per heavy atom. The van der Waals surface area contributed by atoms with E-state index < -0.39 is 16.1 Å². The zero-order chi connectivity index (χ0) is 20.3. The van der Waals surface area contributed by atoms with Crippen molar-refractivity contribution in [2.24, 2.45) is 0 Å². The van der Waals surface area contributed by atoms with E-state index in [1.807, 2.05) is 29.0 Å². The quantitative estimate of drug-likeness (QED) is 0.596. The molecule has 0 aliphatic carbocycles. The van der Waals surface area contributed by atoms with Gasteiger partial charge in [-0.25, -0.2) is 12.7 Å². The summed E-state index contributed by atoms with van der Waals surface area (Å²) >= 11 is 3.10. The van der Waals surface area contributed by atoms with Crippen molar-refractivity contribution in [3.63, 3.8) is 0 Å². The lowest BCUT2D eigenvalue weighted by atomic mass is 10.2. The molecule has 1 amide bonds. The monoisotopic (exact) mass is 436 g/mol. The number of hydrogen-bond donors (Lipinski definition) is 2. The van der Waals surface area contributed by atoms with Crippen LogP contribution in [-0.2, 0) is 10.0 Å². The van der Waals surface area contributed by atoms with Gasteiger partial charge in [0.25, 0.3) is 5.91 Å². The summed E-state index contributed by atoms with van der Waals surface area (Å²) < 4.78 is 25.2. The van der Waals surface area contributed by atoms with E-state index in [1.165, 1.54) is 49.7 Å². The van der Waals surface area contributed by atoms with Crippen LogP contribution in [0.4, 0.5) is 0 Å². The second kappa shape index (κ2) is 8.54. The molecule has 148 valence electrons. The minimum absolute atomic E-state index is 0.0696. The van der Waals surface area contributed by atoms with E-state index in [-0.39, 0.29) is 17.3 Å². The maximum atomic E-state index is 12.3. The molecule has 0 bridgehead atoms. The lowest BCUT2D eigenvalue weighted by Gasteiger charge is -2.12. The summed E-state index contributed by atoms with van der Waals surface area (Å²) in [7, 11) is -0.634. The molecule has 0 saturated heterocycles. The van der Waals surface area contributed by atoms with E-state index in [0.29, 0.717) is 5.56 Å². The fourth-order valence-corrected chi connectivity index (χ4v) is 5.10. The average molecular weight is 437 g/mol. The molecule has 1 atom stereocenters. The van der Waals surface area contributed by atoms with Crippen molar-refractivity contribution in [3.8, 4) is 10.4 Å². The molecule has 2 aromatic heterocycles. The van der Waals surface area contributed by atoms with Crippen LogP contribution in [0.3, 0.4) is 0 Å². The summed E-state index contributed by atoms with van der Waals surface area (Å²) in [6.07, 6.45) is -0.810. The molecule has 0 aliphatic rings. The second-order valence-corrected chi connectivity index (χ2v) is 10.3. The van der Waals surface area contributed by atoms with E-state index in [0.717, 1.165) is 19.6 Å². The SMILES string of the molecule is CN(C)S(=O)(=O)c1ccc(C(=O)NCC(O)c2ccc(-c3ccsc3)s2)cc1. The Kier molecular flexibility index (Phi) is 6.31. The van der Waals surface area contributed by atoms with Crippen LogP contribution in [0.2, 0.25) is 0 Å². The highest BCUT2D eigenvalue weighted by atomic mass is 32.2. The number of thiophene rings is 2. The van der Waals surface area contributed by atoms with Crippen molar-refractivity contribution in [3.05, 3.63) is 63.7 Å². The molecule has 1 unspecified atom stereocenters. The van der Waals surface area contributed by atoms with Crippen LogP contribution < -0.4 is 5.32 Å². The largest absolute Gasteiger partial charge is 0.386 e. The third kappa shape index (κ3) is 4.50. The standard InChI is InChI=1S/C19H20N2O4S3/c1-21(2)28(24,25)15-5-3-13(4-6-15)19(23)20-11-16(22)18-8-7-17(27-18)14-9-10-26-12-14/h3-10,12,16,22H,11H2,1-2H3,(H,20,23). The molecule has 28 heavy (non-hydrogen) atoms. The predicted octanol–water partition coefficient (Wildman–Crippen LogP) is 3.19. The number of rotatable bonds is 7. The number of aliphatic hydroxyl groups is 1. The van der Waals surface area contributed by atoms with Gasteiger partial charge in [-0.05, 0) is 53.2 Å². The highest BCUT2D eigenvalue weighted by molar-refractivity contribution is 7.89. The first-order valence-electron chi connectivity index (χ1n) is 8.40. The normalized spacial score (nSPS) is 12.9. The number of carbonyl (C=O) groups excluding carboxylic acids is 1. The van der Waals surface area contributed by atoms with Gasteiger partial charge in [0.1, 0.15) is 6.10 Å². The lowest BCUT2D eigenvalue weighted by molar-refractivity contribution is 0.0918. The lowest BCUT2D eigenvalue weighted by Crippen LogP contribution is -2.28. The van der Waals surface area contributed by atoms with E-state index in [9.17, 15) is 18.3 Å². The molecule has 9 heteroatoms. The van der Waals surface area contributed by atoms with E-state index in [2.05, 4.69) is 5.32 Å².